The zero-order chi connectivity index (χ0) is 18.8. The second kappa shape index (κ2) is 8.31. The molecule has 1 heterocycles. The first-order chi connectivity index (χ1) is 10.7. The van der Waals surface area contributed by atoms with Gasteiger partial charge in [-0.15, -0.1) is 0 Å². The molecule has 0 aliphatic carbocycles. The maximum absolute atomic E-state index is 12.3. The summed E-state index contributed by atoms with van der Waals surface area (Å²) in [5, 5.41) is 34.7. The van der Waals surface area contributed by atoms with Gasteiger partial charge in [0.05, 0.1) is 11.8 Å². The average Bonchev–Trinajstić information content (AvgIpc) is 2.35. The summed E-state index contributed by atoms with van der Waals surface area (Å²) in [6.07, 6.45) is 0. The van der Waals surface area contributed by atoms with Crippen LogP contribution in [0.25, 0.3) is 10.6 Å². The zero-order valence-electron chi connectivity index (χ0n) is 15.8. The van der Waals surface area contributed by atoms with Crippen molar-refractivity contribution in [3.8, 4) is 0 Å². The second-order valence-electron chi connectivity index (χ2n) is 8.21. The Morgan fingerprint density at radius 2 is 1.00 bits per heavy atom. The fourth-order valence-electron chi connectivity index (χ4n) is 2.24. The van der Waals surface area contributed by atoms with E-state index in [4.69, 9.17) is 0 Å². The van der Waals surface area contributed by atoms with Gasteiger partial charge in [0.15, 0.2) is 0 Å². The maximum atomic E-state index is 12.3. The van der Waals surface area contributed by atoms with Gasteiger partial charge in [-0.3, -0.25) is 0 Å². The molecule has 2 amide bonds. The van der Waals surface area contributed by atoms with Crippen molar-refractivity contribution in [1.29, 1.82) is 0 Å². The van der Waals surface area contributed by atoms with Crippen molar-refractivity contribution in [1.82, 2.24) is 10.6 Å². The molecule has 1 aliphatic heterocycles. The summed E-state index contributed by atoms with van der Waals surface area (Å²) >= 11 is 0. The quantitative estimate of drug-likeness (QED) is 0.425. The van der Waals surface area contributed by atoms with Crippen molar-refractivity contribution >= 4 is 11.8 Å². The number of hydrogen-bond donors (Lipinski definition) is 4. The Bertz CT molecular complexity index is 449. The van der Waals surface area contributed by atoms with Crippen LogP contribution in [0.3, 0.4) is 0 Å². The Hall–Kier alpha value is -0.726. The molecule has 0 spiro atoms. The van der Waals surface area contributed by atoms with Crippen molar-refractivity contribution in [2.24, 2.45) is 0 Å². The summed E-state index contributed by atoms with van der Waals surface area (Å²) < 4.78 is 0. The minimum Gasteiger partial charge on any atom is -0.645 e. The van der Waals surface area contributed by atoms with E-state index in [9.17, 15) is 19.8 Å². The summed E-state index contributed by atoms with van der Waals surface area (Å²) in [6.45, 7) is 10.2. The van der Waals surface area contributed by atoms with Crippen molar-refractivity contribution in [3.05, 3.63) is 10.6 Å². The molecule has 148 valence electrons. The standard InChI is InChI=1S/C16H32N4O4.Ni/c1-13(2)7-17-9-16(6,24)12(22)20-14(3,4)8-18-10-15(5,23)11(21)19-13;/h17-18,23-24H,7-10H2,1-6H3,(H2,19,20,21,22);/q;+2/p-2/t15-,16+;. The Balaban J connectivity index is 0.00000576. The molecule has 0 bridgehead atoms. The van der Waals surface area contributed by atoms with Gasteiger partial charge in [0.25, 0.3) is 0 Å². The van der Waals surface area contributed by atoms with E-state index in [-0.39, 0.29) is 42.7 Å². The monoisotopic (exact) mass is 400 g/mol. The van der Waals surface area contributed by atoms with E-state index in [2.05, 4.69) is 21.3 Å². The topological polar surface area (TPSA) is 127 Å². The third kappa shape index (κ3) is 7.58. The fraction of sp³-hybridized carbons (Fsp3) is 0.875. The number of nitrogens with zero attached hydrogens (tertiary/aromatic N) is 2. The Labute approximate surface area is 159 Å². The van der Waals surface area contributed by atoms with Gasteiger partial charge < -0.3 is 41.1 Å². The molecule has 0 unspecified atom stereocenters. The molecular weight excluding hydrogens is 371 g/mol. The normalized spacial score (nSPS) is 34.1. The average molecular weight is 401 g/mol. The minimum absolute atomic E-state index is 0. The van der Waals surface area contributed by atoms with Gasteiger partial charge in [0, 0.05) is 13.1 Å². The van der Waals surface area contributed by atoms with Crippen molar-refractivity contribution in [2.45, 2.75) is 63.8 Å². The van der Waals surface area contributed by atoms with Gasteiger partial charge in [-0.1, -0.05) is 38.8 Å². The minimum atomic E-state index is -1.65. The van der Waals surface area contributed by atoms with E-state index in [1.807, 2.05) is 0 Å². The molecule has 1 fully saturated rings. The van der Waals surface area contributed by atoms with Gasteiger partial charge in [-0.2, -0.15) is 0 Å². The summed E-state index contributed by atoms with van der Waals surface area (Å²) in [7, 11) is 0. The first kappa shape index (κ1) is 24.3. The molecular formula is C16H30N4NiO4. The molecule has 2 atom stereocenters. The molecule has 1 saturated heterocycles. The molecule has 9 heteroatoms. The Kier molecular flexibility index (Phi) is 8.07. The predicted octanol–water partition coefficient (Wildman–Crippen LogP) is 0.0365. The molecule has 1 rings (SSSR count). The summed E-state index contributed by atoms with van der Waals surface area (Å²) in [5.74, 6) is -1.23. The number of rotatable bonds is 0. The zero-order valence-corrected chi connectivity index (χ0v) is 16.7. The molecule has 8 nitrogen and oxygen atoms in total. The Morgan fingerprint density at radius 1 is 0.720 bits per heavy atom. The largest absolute Gasteiger partial charge is 2.00 e. The molecule has 0 aromatic rings. The molecule has 25 heavy (non-hydrogen) atoms. The Morgan fingerprint density at radius 3 is 1.28 bits per heavy atom. The number of carbonyl (C=O) groups excluding carboxylic acids is 2. The van der Waals surface area contributed by atoms with Gasteiger partial charge in [-0.05, 0) is 26.9 Å². The van der Waals surface area contributed by atoms with E-state index < -0.39 is 34.1 Å². The van der Waals surface area contributed by atoms with Crippen LogP contribution in [0.1, 0.15) is 41.5 Å². The van der Waals surface area contributed by atoms with Crippen molar-refractivity contribution < 1.29 is 36.3 Å². The van der Waals surface area contributed by atoms with E-state index in [1.54, 1.807) is 27.7 Å². The first-order valence-electron chi connectivity index (χ1n) is 8.08. The SMILES string of the molecule is CC1(C)CNC[C@@](C)(O)C(=O)[N-]C(C)(C)CNC[C@](C)(O)C(=O)[N-]1.[Ni+2]. The van der Waals surface area contributed by atoms with Crippen molar-refractivity contribution in [2.75, 3.05) is 26.2 Å². The van der Waals surface area contributed by atoms with E-state index >= 15 is 0 Å². The van der Waals surface area contributed by atoms with Crippen LogP contribution >= 0.6 is 0 Å². The fourth-order valence-corrected chi connectivity index (χ4v) is 2.24. The summed E-state index contributed by atoms with van der Waals surface area (Å²) in [4.78, 5) is 24.5. The third-order valence-electron chi connectivity index (χ3n) is 3.78. The number of aliphatic hydroxyl groups is 2. The van der Waals surface area contributed by atoms with Crippen LogP contribution in [0.2, 0.25) is 0 Å². The summed E-state index contributed by atoms with van der Waals surface area (Å²) in [5.41, 5.74) is -4.87. The van der Waals surface area contributed by atoms with Gasteiger partial charge in [0.2, 0.25) is 0 Å². The van der Waals surface area contributed by atoms with Gasteiger partial charge >= 0.3 is 16.5 Å². The number of nitrogens with one attached hydrogen (secondary N) is 2. The molecule has 0 saturated carbocycles. The third-order valence-corrected chi connectivity index (χ3v) is 3.78. The van der Waals surface area contributed by atoms with Crippen LogP contribution in [0.15, 0.2) is 0 Å². The summed E-state index contributed by atoms with van der Waals surface area (Å²) in [6, 6.07) is 0. The van der Waals surface area contributed by atoms with Crippen molar-refractivity contribution in [3.63, 3.8) is 0 Å². The van der Waals surface area contributed by atoms with E-state index in [0.717, 1.165) is 0 Å². The van der Waals surface area contributed by atoms with Crippen LogP contribution in [0.4, 0.5) is 0 Å². The van der Waals surface area contributed by atoms with Crippen LogP contribution in [-0.2, 0) is 26.1 Å². The second-order valence-corrected chi connectivity index (χ2v) is 8.21. The molecule has 0 radical (unpaired) electrons. The molecule has 0 aromatic carbocycles. The van der Waals surface area contributed by atoms with Gasteiger partial charge in [-0.25, -0.2) is 0 Å². The van der Waals surface area contributed by atoms with Crippen LogP contribution < -0.4 is 10.6 Å². The van der Waals surface area contributed by atoms with Gasteiger partial charge in [0.1, 0.15) is 11.2 Å². The van der Waals surface area contributed by atoms with E-state index in [0.29, 0.717) is 0 Å². The molecule has 1 aliphatic rings. The maximum Gasteiger partial charge on any atom is 2.00 e. The number of β-amino-alcohol motifs (C(OH)–C–C–N with tert-alkyl or cyclic N) is 2. The number of carbonyl (C=O) groups is 2. The molecule has 4 N–H and O–H groups in total. The van der Waals surface area contributed by atoms with Crippen LogP contribution in [0, 0.1) is 0 Å². The smallest absolute Gasteiger partial charge is 0.645 e. The molecule has 0 aromatic heterocycles. The number of hydrogen-bond acceptors (Lipinski definition) is 6. The van der Waals surface area contributed by atoms with Crippen LogP contribution in [0.5, 0.6) is 0 Å². The first-order valence-corrected chi connectivity index (χ1v) is 8.08. The van der Waals surface area contributed by atoms with Crippen LogP contribution in [-0.4, -0.2) is 70.5 Å². The number of amides is 2. The predicted molar refractivity (Wildman–Crippen MR) is 91.9 cm³/mol. The van der Waals surface area contributed by atoms with E-state index in [1.165, 1.54) is 13.8 Å².